The summed E-state index contributed by atoms with van der Waals surface area (Å²) in [5.41, 5.74) is 9.35. The van der Waals surface area contributed by atoms with Crippen molar-refractivity contribution in [1.82, 2.24) is 4.40 Å². The summed E-state index contributed by atoms with van der Waals surface area (Å²) in [5.74, 6) is 0. The summed E-state index contributed by atoms with van der Waals surface area (Å²) in [6, 6.07) is 26.7. The Morgan fingerprint density at radius 3 is 1.90 bits per heavy atom. The maximum absolute atomic E-state index is 2.54. The fourth-order valence-corrected chi connectivity index (χ4v) is 5.47. The number of pyridine rings is 1. The molecule has 0 amide bonds. The van der Waals surface area contributed by atoms with E-state index >= 15 is 0 Å². The SMILES string of the molecule is Cc1c2ccccc2n2c1c(-c1ccc(C(C)(C)C)cc1)c(I)c1ccccc12. The highest BCUT2D eigenvalue weighted by Crippen LogP contribution is 2.41. The lowest BCUT2D eigenvalue weighted by Gasteiger charge is -2.20. The number of para-hydroxylation sites is 2. The van der Waals surface area contributed by atoms with Crippen LogP contribution in [0.15, 0.2) is 72.8 Å². The van der Waals surface area contributed by atoms with Gasteiger partial charge in [0, 0.05) is 19.9 Å². The molecule has 0 N–H and O–H groups in total. The van der Waals surface area contributed by atoms with E-state index in [-0.39, 0.29) is 5.41 Å². The first-order valence-electron chi connectivity index (χ1n) is 10.1. The van der Waals surface area contributed by atoms with E-state index in [9.17, 15) is 0 Å². The zero-order valence-electron chi connectivity index (χ0n) is 17.3. The summed E-state index contributed by atoms with van der Waals surface area (Å²) in [6.07, 6.45) is 0. The van der Waals surface area contributed by atoms with E-state index in [0.717, 1.165) is 0 Å². The van der Waals surface area contributed by atoms with Gasteiger partial charge in [-0.3, -0.25) is 0 Å². The first-order valence-corrected chi connectivity index (χ1v) is 11.2. The minimum Gasteiger partial charge on any atom is -0.308 e. The molecule has 0 bridgehead atoms. The lowest BCUT2D eigenvalue weighted by Crippen LogP contribution is -2.10. The molecular weight excluding hydrogens is 465 g/mol. The number of hydrogen-bond acceptors (Lipinski definition) is 0. The third-order valence-electron chi connectivity index (χ3n) is 6.01. The third-order valence-corrected chi connectivity index (χ3v) is 7.13. The van der Waals surface area contributed by atoms with Crippen LogP contribution >= 0.6 is 22.6 Å². The monoisotopic (exact) mass is 489 g/mol. The molecule has 2 heteroatoms. The highest BCUT2D eigenvalue weighted by Gasteiger charge is 2.20. The predicted octanol–water partition coefficient (Wildman–Crippen LogP) is 8.12. The smallest absolute Gasteiger partial charge is 0.0587 e. The summed E-state index contributed by atoms with van der Waals surface area (Å²) >= 11 is 2.54. The van der Waals surface area contributed by atoms with Crippen molar-refractivity contribution >= 4 is 49.9 Å². The van der Waals surface area contributed by atoms with E-state index in [0.29, 0.717) is 0 Å². The van der Waals surface area contributed by atoms with Gasteiger partial charge in [-0.25, -0.2) is 0 Å². The Kier molecular flexibility index (Phi) is 4.25. The number of aryl methyl sites for hydroxylation is 1. The van der Waals surface area contributed by atoms with Crippen LogP contribution in [0.4, 0.5) is 0 Å². The summed E-state index contributed by atoms with van der Waals surface area (Å²) in [6.45, 7) is 9.06. The summed E-state index contributed by atoms with van der Waals surface area (Å²) in [5, 5.41) is 2.63. The molecule has 0 aliphatic heterocycles. The Bertz CT molecular complexity index is 1380. The average molecular weight is 489 g/mol. The molecular formula is C27H24IN. The Labute approximate surface area is 185 Å². The van der Waals surface area contributed by atoms with Gasteiger partial charge >= 0.3 is 0 Å². The second-order valence-electron chi connectivity index (χ2n) is 8.86. The molecule has 0 radical (unpaired) electrons. The molecule has 0 aliphatic carbocycles. The second kappa shape index (κ2) is 6.60. The minimum absolute atomic E-state index is 0.157. The van der Waals surface area contributed by atoms with Crippen LogP contribution in [0.2, 0.25) is 0 Å². The van der Waals surface area contributed by atoms with Crippen LogP contribution in [0.25, 0.3) is 38.4 Å². The van der Waals surface area contributed by atoms with Crippen molar-refractivity contribution in [3.63, 3.8) is 0 Å². The first-order chi connectivity index (χ1) is 13.9. The largest absolute Gasteiger partial charge is 0.308 e. The maximum Gasteiger partial charge on any atom is 0.0587 e. The van der Waals surface area contributed by atoms with Crippen molar-refractivity contribution in [2.24, 2.45) is 0 Å². The molecule has 1 nitrogen and oxygen atoms in total. The Morgan fingerprint density at radius 2 is 1.28 bits per heavy atom. The van der Waals surface area contributed by atoms with Crippen LogP contribution in [0.3, 0.4) is 0 Å². The van der Waals surface area contributed by atoms with Gasteiger partial charge in [0.25, 0.3) is 0 Å². The lowest BCUT2D eigenvalue weighted by atomic mass is 9.86. The van der Waals surface area contributed by atoms with E-state index in [4.69, 9.17) is 0 Å². The number of fused-ring (bicyclic) bond motifs is 5. The molecule has 2 aromatic heterocycles. The van der Waals surface area contributed by atoms with Crippen LogP contribution in [0, 0.1) is 10.5 Å². The fraction of sp³-hybridized carbons (Fsp3) is 0.185. The van der Waals surface area contributed by atoms with Gasteiger partial charge < -0.3 is 4.40 Å². The van der Waals surface area contributed by atoms with Crippen LogP contribution < -0.4 is 0 Å². The highest BCUT2D eigenvalue weighted by atomic mass is 127. The van der Waals surface area contributed by atoms with Crippen LogP contribution in [0.5, 0.6) is 0 Å². The van der Waals surface area contributed by atoms with Crippen molar-refractivity contribution in [3.05, 3.63) is 87.5 Å². The zero-order valence-corrected chi connectivity index (χ0v) is 19.4. The van der Waals surface area contributed by atoms with Gasteiger partial charge in [0.1, 0.15) is 0 Å². The third kappa shape index (κ3) is 2.80. The molecule has 29 heavy (non-hydrogen) atoms. The van der Waals surface area contributed by atoms with Crippen molar-refractivity contribution in [3.8, 4) is 11.1 Å². The number of aromatic nitrogens is 1. The van der Waals surface area contributed by atoms with E-state index < -0.39 is 0 Å². The molecule has 0 unspecified atom stereocenters. The van der Waals surface area contributed by atoms with Gasteiger partial charge in [0.05, 0.1) is 16.6 Å². The number of rotatable bonds is 1. The molecule has 0 aliphatic rings. The molecule has 0 spiro atoms. The predicted molar refractivity (Wildman–Crippen MR) is 134 cm³/mol. The van der Waals surface area contributed by atoms with Crippen molar-refractivity contribution in [2.45, 2.75) is 33.1 Å². The fourth-order valence-electron chi connectivity index (χ4n) is 4.44. The molecule has 144 valence electrons. The molecule has 0 atom stereocenters. The van der Waals surface area contributed by atoms with Crippen molar-refractivity contribution < 1.29 is 0 Å². The number of benzene rings is 3. The average Bonchev–Trinajstić information content (AvgIpc) is 3.01. The first kappa shape index (κ1) is 18.7. The van der Waals surface area contributed by atoms with Gasteiger partial charge in [-0.1, -0.05) is 81.4 Å². The van der Waals surface area contributed by atoms with Crippen molar-refractivity contribution in [2.75, 3.05) is 0 Å². The van der Waals surface area contributed by atoms with Gasteiger partial charge in [-0.05, 0) is 63.8 Å². The highest BCUT2D eigenvalue weighted by molar-refractivity contribution is 14.1. The topological polar surface area (TPSA) is 4.41 Å². The minimum atomic E-state index is 0.157. The molecule has 5 aromatic rings. The summed E-state index contributed by atoms with van der Waals surface area (Å²) in [7, 11) is 0. The quantitative estimate of drug-likeness (QED) is 0.210. The maximum atomic E-state index is 2.54. The van der Waals surface area contributed by atoms with E-state index in [1.165, 1.54) is 53.1 Å². The number of hydrogen-bond donors (Lipinski definition) is 0. The summed E-state index contributed by atoms with van der Waals surface area (Å²) < 4.78 is 3.77. The normalized spacial score (nSPS) is 12.3. The molecule has 3 aromatic carbocycles. The Morgan fingerprint density at radius 1 is 0.724 bits per heavy atom. The molecule has 2 heterocycles. The molecule has 0 saturated heterocycles. The lowest BCUT2D eigenvalue weighted by molar-refractivity contribution is 0.590. The summed E-state index contributed by atoms with van der Waals surface area (Å²) in [4.78, 5) is 0. The van der Waals surface area contributed by atoms with Crippen LogP contribution in [-0.2, 0) is 5.41 Å². The van der Waals surface area contributed by atoms with E-state index in [1.54, 1.807) is 0 Å². The van der Waals surface area contributed by atoms with Gasteiger partial charge in [0.2, 0.25) is 0 Å². The standard InChI is InChI=1S/C27H24IN/c1-17-20-9-5-7-11-22(20)29-23-12-8-6-10-21(23)25(28)24(26(17)29)18-13-15-19(16-14-18)27(2,3)4/h5-16H,1-4H3. The Hall–Kier alpha value is -2.33. The number of nitrogens with zero attached hydrogens (tertiary/aromatic N) is 1. The van der Waals surface area contributed by atoms with E-state index in [1.807, 2.05) is 0 Å². The molecule has 0 fully saturated rings. The van der Waals surface area contributed by atoms with E-state index in [2.05, 4.69) is 127 Å². The van der Waals surface area contributed by atoms with Crippen molar-refractivity contribution in [1.29, 1.82) is 0 Å². The van der Waals surface area contributed by atoms with Crippen LogP contribution in [0.1, 0.15) is 31.9 Å². The zero-order chi connectivity index (χ0) is 20.3. The molecule has 5 rings (SSSR count). The second-order valence-corrected chi connectivity index (χ2v) is 9.94. The van der Waals surface area contributed by atoms with Gasteiger partial charge in [-0.2, -0.15) is 0 Å². The molecule has 0 saturated carbocycles. The number of halogens is 1. The Balaban J connectivity index is 1.96. The van der Waals surface area contributed by atoms with Gasteiger partial charge in [-0.15, -0.1) is 0 Å². The van der Waals surface area contributed by atoms with Crippen LogP contribution in [-0.4, -0.2) is 4.40 Å². The van der Waals surface area contributed by atoms with Gasteiger partial charge in [0.15, 0.2) is 0 Å².